The highest BCUT2D eigenvalue weighted by Crippen LogP contribution is 2.15. The predicted octanol–water partition coefficient (Wildman–Crippen LogP) is 1.83. The van der Waals surface area contributed by atoms with Crippen molar-refractivity contribution in [1.29, 1.82) is 0 Å². The molecule has 0 aliphatic rings. The molecule has 2 heterocycles. The van der Waals surface area contributed by atoms with Gasteiger partial charge < -0.3 is 0 Å². The van der Waals surface area contributed by atoms with Crippen molar-refractivity contribution in [2.75, 3.05) is 0 Å². The Labute approximate surface area is 76.8 Å². The number of carbonyl (C=O) groups excluding carboxylic acids is 1. The topological polar surface area (TPSA) is 42.9 Å². The van der Waals surface area contributed by atoms with Crippen molar-refractivity contribution in [3.8, 4) is 0 Å². The van der Waals surface area contributed by atoms with E-state index in [0.29, 0.717) is 4.88 Å². The maximum atomic E-state index is 11.5. The fourth-order valence-corrected chi connectivity index (χ4v) is 2.01. The van der Waals surface area contributed by atoms with Gasteiger partial charge in [-0.2, -0.15) is 0 Å². The Morgan fingerprint density at radius 1 is 1.42 bits per heavy atom. The molecule has 0 radical (unpaired) electrons. The fraction of sp³-hybridized carbons (Fsp3) is 0. The first-order valence-corrected chi connectivity index (χ1v) is 4.89. The third kappa shape index (κ3) is 1.28. The maximum absolute atomic E-state index is 11.5. The first-order chi connectivity index (χ1) is 5.88. The number of ketones is 1. The van der Waals surface area contributed by atoms with Crippen LogP contribution in [0.25, 0.3) is 0 Å². The van der Waals surface area contributed by atoms with E-state index in [4.69, 9.17) is 0 Å². The smallest absolute Gasteiger partial charge is 0.216 e. The summed E-state index contributed by atoms with van der Waals surface area (Å²) in [5, 5.41) is 5.48. The van der Waals surface area contributed by atoms with Crippen molar-refractivity contribution in [3.05, 3.63) is 33.5 Å². The summed E-state index contributed by atoms with van der Waals surface area (Å²) < 4.78 is 3.63. The molecule has 0 atom stereocenters. The van der Waals surface area contributed by atoms with Gasteiger partial charge in [0.05, 0.1) is 11.1 Å². The van der Waals surface area contributed by atoms with Gasteiger partial charge in [0.25, 0.3) is 0 Å². The Hall–Kier alpha value is -1.07. The van der Waals surface area contributed by atoms with E-state index >= 15 is 0 Å². The summed E-state index contributed by atoms with van der Waals surface area (Å²) in [6, 6.07) is 3.65. The van der Waals surface area contributed by atoms with Gasteiger partial charge in [0.15, 0.2) is 0 Å². The fourth-order valence-electron chi connectivity index (χ4n) is 0.796. The van der Waals surface area contributed by atoms with Crippen LogP contribution < -0.4 is 0 Å². The molecule has 3 nitrogen and oxygen atoms in total. The van der Waals surface area contributed by atoms with Crippen molar-refractivity contribution in [2.24, 2.45) is 0 Å². The van der Waals surface area contributed by atoms with Crippen LogP contribution in [0.5, 0.6) is 0 Å². The van der Waals surface area contributed by atoms with Crippen molar-refractivity contribution < 1.29 is 4.79 Å². The second-order valence-corrected chi connectivity index (χ2v) is 3.82. The van der Waals surface area contributed by atoms with Crippen LogP contribution in [-0.4, -0.2) is 15.4 Å². The minimum atomic E-state index is 0.0139. The molecule has 0 saturated heterocycles. The quantitative estimate of drug-likeness (QED) is 0.688. The van der Waals surface area contributed by atoms with Crippen LogP contribution in [0.3, 0.4) is 0 Å². The van der Waals surface area contributed by atoms with E-state index < -0.39 is 0 Å². The molecule has 0 N–H and O–H groups in total. The average molecular weight is 196 g/mol. The summed E-state index contributed by atoms with van der Waals surface area (Å²) in [5.41, 5.74) is 0. The summed E-state index contributed by atoms with van der Waals surface area (Å²) in [6.45, 7) is 0. The third-order valence-corrected chi connectivity index (χ3v) is 2.86. The molecular weight excluding hydrogens is 192 g/mol. The van der Waals surface area contributed by atoms with Gasteiger partial charge in [0.1, 0.15) is 4.88 Å². The summed E-state index contributed by atoms with van der Waals surface area (Å²) in [6.07, 6.45) is 1.49. The van der Waals surface area contributed by atoms with Gasteiger partial charge in [-0.1, -0.05) is 10.6 Å². The summed E-state index contributed by atoms with van der Waals surface area (Å²) in [5.74, 6) is 0.0139. The SMILES string of the molecule is O=C(c1cccs1)c1cnns1. The Bertz CT molecular complexity index is 330. The molecule has 60 valence electrons. The Morgan fingerprint density at radius 3 is 2.92 bits per heavy atom. The molecule has 0 aliphatic carbocycles. The van der Waals surface area contributed by atoms with Crippen LogP contribution >= 0.6 is 22.9 Å². The molecule has 0 unspecified atom stereocenters. The molecule has 0 spiro atoms. The minimum absolute atomic E-state index is 0.0139. The van der Waals surface area contributed by atoms with E-state index in [0.717, 1.165) is 16.4 Å². The van der Waals surface area contributed by atoms with E-state index in [1.165, 1.54) is 17.5 Å². The number of aromatic nitrogens is 2. The Morgan fingerprint density at radius 2 is 2.33 bits per heavy atom. The number of thiophene rings is 1. The van der Waals surface area contributed by atoms with Gasteiger partial charge >= 0.3 is 0 Å². The number of rotatable bonds is 2. The second kappa shape index (κ2) is 3.12. The second-order valence-electron chi connectivity index (χ2n) is 2.09. The Balaban J connectivity index is 2.34. The van der Waals surface area contributed by atoms with E-state index in [9.17, 15) is 4.79 Å². The lowest BCUT2D eigenvalue weighted by molar-refractivity contribution is 0.104. The zero-order chi connectivity index (χ0) is 8.39. The standard InChI is InChI=1S/C7H4N2OS2/c10-7(5-2-1-3-11-5)6-4-8-9-12-6/h1-4H. The third-order valence-electron chi connectivity index (χ3n) is 1.33. The van der Waals surface area contributed by atoms with Crippen LogP contribution in [0, 0.1) is 0 Å². The van der Waals surface area contributed by atoms with E-state index in [1.807, 2.05) is 11.4 Å². The van der Waals surface area contributed by atoms with Gasteiger partial charge in [-0.05, 0) is 23.0 Å². The number of hydrogen-bond donors (Lipinski definition) is 0. The van der Waals surface area contributed by atoms with Gasteiger partial charge in [-0.3, -0.25) is 4.79 Å². The zero-order valence-electron chi connectivity index (χ0n) is 5.93. The lowest BCUT2D eigenvalue weighted by atomic mass is 10.3. The molecule has 0 bridgehead atoms. The van der Waals surface area contributed by atoms with E-state index in [-0.39, 0.29) is 5.78 Å². The lowest BCUT2D eigenvalue weighted by Gasteiger charge is -1.87. The maximum Gasteiger partial charge on any atom is 0.216 e. The molecule has 2 rings (SSSR count). The number of nitrogens with zero attached hydrogens (tertiary/aromatic N) is 2. The molecule has 2 aromatic heterocycles. The highest BCUT2D eigenvalue weighted by Gasteiger charge is 2.11. The van der Waals surface area contributed by atoms with Gasteiger partial charge in [0.2, 0.25) is 5.78 Å². The van der Waals surface area contributed by atoms with Crippen LogP contribution in [0.1, 0.15) is 14.5 Å². The molecule has 2 aromatic rings. The molecule has 12 heavy (non-hydrogen) atoms. The van der Waals surface area contributed by atoms with Crippen LogP contribution in [0.2, 0.25) is 0 Å². The van der Waals surface area contributed by atoms with Crippen molar-refractivity contribution in [2.45, 2.75) is 0 Å². The molecule has 0 aliphatic heterocycles. The summed E-state index contributed by atoms with van der Waals surface area (Å²) >= 11 is 2.56. The highest BCUT2D eigenvalue weighted by molar-refractivity contribution is 7.14. The molecular formula is C7H4N2OS2. The van der Waals surface area contributed by atoms with E-state index in [1.54, 1.807) is 6.07 Å². The Kier molecular flexibility index (Phi) is 1.97. The summed E-state index contributed by atoms with van der Waals surface area (Å²) in [4.78, 5) is 12.8. The van der Waals surface area contributed by atoms with E-state index in [2.05, 4.69) is 9.59 Å². The van der Waals surface area contributed by atoms with Crippen LogP contribution in [0.4, 0.5) is 0 Å². The zero-order valence-corrected chi connectivity index (χ0v) is 7.56. The first-order valence-electron chi connectivity index (χ1n) is 3.23. The predicted molar refractivity (Wildman–Crippen MR) is 47.7 cm³/mol. The lowest BCUT2D eigenvalue weighted by Crippen LogP contribution is -1.93. The normalized spacial score (nSPS) is 10.0. The molecule has 0 fully saturated rings. The van der Waals surface area contributed by atoms with Gasteiger partial charge in [0, 0.05) is 0 Å². The van der Waals surface area contributed by atoms with Crippen LogP contribution in [0.15, 0.2) is 23.7 Å². The molecule has 5 heteroatoms. The minimum Gasteiger partial charge on any atom is -0.287 e. The number of carbonyl (C=O) groups is 1. The molecule has 0 aromatic carbocycles. The molecule has 0 saturated carbocycles. The molecule has 0 amide bonds. The highest BCUT2D eigenvalue weighted by atomic mass is 32.1. The van der Waals surface area contributed by atoms with Crippen molar-refractivity contribution in [1.82, 2.24) is 9.59 Å². The largest absolute Gasteiger partial charge is 0.287 e. The van der Waals surface area contributed by atoms with Crippen molar-refractivity contribution >= 4 is 28.7 Å². The van der Waals surface area contributed by atoms with Gasteiger partial charge in [-0.25, -0.2) is 0 Å². The first kappa shape index (κ1) is 7.57. The van der Waals surface area contributed by atoms with Crippen LogP contribution in [-0.2, 0) is 0 Å². The average Bonchev–Trinajstić information content (AvgIpc) is 2.77. The van der Waals surface area contributed by atoms with Gasteiger partial charge in [-0.15, -0.1) is 16.4 Å². The summed E-state index contributed by atoms with van der Waals surface area (Å²) in [7, 11) is 0. The number of hydrogen-bond acceptors (Lipinski definition) is 5. The van der Waals surface area contributed by atoms with Crippen molar-refractivity contribution in [3.63, 3.8) is 0 Å². The monoisotopic (exact) mass is 196 g/mol.